The first-order valence-electron chi connectivity index (χ1n) is 7.38. The smallest absolute Gasteiger partial charge is 0.337 e. The van der Waals surface area contributed by atoms with Crippen molar-refractivity contribution in [2.45, 2.75) is 6.92 Å². The largest absolute Gasteiger partial charge is 0.494 e. The number of hydrogen-bond donors (Lipinski definition) is 1. The molecule has 0 bridgehead atoms. The molecule has 6 nitrogen and oxygen atoms in total. The van der Waals surface area contributed by atoms with E-state index in [1.165, 1.54) is 13.3 Å². The van der Waals surface area contributed by atoms with Crippen LogP contribution in [0.25, 0.3) is 0 Å². The van der Waals surface area contributed by atoms with Gasteiger partial charge >= 0.3 is 5.97 Å². The molecule has 0 aromatic heterocycles. The van der Waals surface area contributed by atoms with Crippen molar-refractivity contribution in [1.29, 1.82) is 0 Å². The first-order chi connectivity index (χ1) is 11.6. The zero-order valence-electron chi connectivity index (χ0n) is 13.5. The van der Waals surface area contributed by atoms with Gasteiger partial charge in [-0.2, -0.15) is 5.10 Å². The predicted molar refractivity (Wildman–Crippen MR) is 90.5 cm³/mol. The highest BCUT2D eigenvalue weighted by Gasteiger charge is 2.05. The molecule has 1 amide bonds. The molecule has 1 N–H and O–H groups in total. The number of nitrogens with one attached hydrogen (secondary N) is 1. The third kappa shape index (κ3) is 4.67. The number of carbonyl (C=O) groups excluding carboxylic acids is 2. The maximum absolute atomic E-state index is 12.0. The Morgan fingerprint density at radius 3 is 2.25 bits per heavy atom. The number of benzene rings is 2. The second kappa shape index (κ2) is 8.47. The Kier molecular flexibility index (Phi) is 6.08. The van der Waals surface area contributed by atoms with Crippen LogP contribution in [0, 0.1) is 0 Å². The van der Waals surface area contributed by atoms with Crippen molar-refractivity contribution in [1.82, 2.24) is 5.43 Å². The zero-order valence-corrected chi connectivity index (χ0v) is 13.5. The summed E-state index contributed by atoms with van der Waals surface area (Å²) in [6.07, 6.45) is 1.49. The van der Waals surface area contributed by atoms with Gasteiger partial charge in [0.25, 0.3) is 5.91 Å². The minimum Gasteiger partial charge on any atom is -0.494 e. The van der Waals surface area contributed by atoms with Crippen LogP contribution < -0.4 is 10.2 Å². The highest BCUT2D eigenvalue weighted by Crippen LogP contribution is 2.12. The molecule has 2 aromatic carbocycles. The molecule has 6 heteroatoms. The molecular weight excluding hydrogens is 308 g/mol. The standard InChI is InChI=1S/C18H18N2O4/c1-3-24-16-10-8-14(9-11-16)17(21)20-19-12-13-4-6-15(7-5-13)18(22)23-2/h4-12H,3H2,1-2H3,(H,20,21)/b19-12-. The number of carbonyl (C=O) groups is 2. The Bertz CT molecular complexity index is 722. The molecule has 0 radical (unpaired) electrons. The first-order valence-corrected chi connectivity index (χ1v) is 7.38. The molecule has 0 aliphatic carbocycles. The van der Waals surface area contributed by atoms with Crippen LogP contribution in [0.4, 0.5) is 0 Å². The SMILES string of the molecule is CCOc1ccc(C(=O)N/N=C\c2ccc(C(=O)OC)cc2)cc1. The number of rotatable bonds is 6. The maximum Gasteiger partial charge on any atom is 0.337 e. The Hall–Kier alpha value is -3.15. The zero-order chi connectivity index (χ0) is 17.4. The highest BCUT2D eigenvalue weighted by atomic mass is 16.5. The summed E-state index contributed by atoms with van der Waals surface area (Å²) < 4.78 is 9.94. The molecular formula is C18H18N2O4. The number of amides is 1. The second-order valence-corrected chi connectivity index (χ2v) is 4.77. The van der Waals surface area contributed by atoms with Gasteiger partial charge in [0, 0.05) is 5.56 Å². The van der Waals surface area contributed by atoms with Crippen LogP contribution in [0.15, 0.2) is 53.6 Å². The molecule has 0 atom stereocenters. The van der Waals surface area contributed by atoms with E-state index in [1.54, 1.807) is 48.5 Å². The fourth-order valence-electron chi connectivity index (χ4n) is 1.92. The number of hydrazone groups is 1. The molecule has 0 saturated heterocycles. The fraction of sp³-hybridized carbons (Fsp3) is 0.167. The van der Waals surface area contributed by atoms with E-state index in [9.17, 15) is 9.59 Å². The van der Waals surface area contributed by atoms with Crippen molar-refractivity contribution in [3.63, 3.8) is 0 Å². The van der Waals surface area contributed by atoms with Gasteiger partial charge in [-0.05, 0) is 48.9 Å². The summed E-state index contributed by atoms with van der Waals surface area (Å²) in [5.74, 6) is -0.00832. The lowest BCUT2D eigenvalue weighted by molar-refractivity contribution is 0.0600. The van der Waals surface area contributed by atoms with Crippen molar-refractivity contribution in [2.24, 2.45) is 5.10 Å². The summed E-state index contributed by atoms with van der Waals surface area (Å²) >= 11 is 0. The van der Waals surface area contributed by atoms with E-state index >= 15 is 0 Å². The number of methoxy groups -OCH3 is 1. The Labute approximate surface area is 140 Å². The molecule has 0 unspecified atom stereocenters. The van der Waals surface area contributed by atoms with Crippen LogP contribution >= 0.6 is 0 Å². The lowest BCUT2D eigenvalue weighted by Crippen LogP contribution is -2.17. The number of hydrogen-bond acceptors (Lipinski definition) is 5. The third-order valence-electron chi connectivity index (χ3n) is 3.14. The third-order valence-corrected chi connectivity index (χ3v) is 3.14. The van der Waals surface area contributed by atoms with Crippen molar-refractivity contribution in [2.75, 3.05) is 13.7 Å². The van der Waals surface area contributed by atoms with Gasteiger partial charge < -0.3 is 9.47 Å². The molecule has 0 aliphatic rings. The van der Waals surface area contributed by atoms with E-state index in [2.05, 4.69) is 15.3 Å². The van der Waals surface area contributed by atoms with E-state index in [-0.39, 0.29) is 5.91 Å². The van der Waals surface area contributed by atoms with Crippen LogP contribution in [0.3, 0.4) is 0 Å². The Morgan fingerprint density at radius 2 is 1.67 bits per heavy atom. The van der Waals surface area contributed by atoms with E-state index < -0.39 is 5.97 Å². The van der Waals surface area contributed by atoms with Crippen LogP contribution in [-0.2, 0) is 4.74 Å². The topological polar surface area (TPSA) is 77.0 Å². The number of ether oxygens (including phenoxy) is 2. The molecule has 0 heterocycles. The molecule has 0 saturated carbocycles. The van der Waals surface area contributed by atoms with E-state index in [1.807, 2.05) is 6.92 Å². The molecule has 124 valence electrons. The molecule has 0 fully saturated rings. The summed E-state index contributed by atoms with van der Waals surface area (Å²) in [5, 5.41) is 3.90. The first kappa shape index (κ1) is 17.2. The lowest BCUT2D eigenvalue weighted by Gasteiger charge is -2.04. The second-order valence-electron chi connectivity index (χ2n) is 4.77. The van der Waals surface area contributed by atoms with Crippen LogP contribution in [0.1, 0.15) is 33.2 Å². The van der Waals surface area contributed by atoms with Gasteiger partial charge in [-0.3, -0.25) is 4.79 Å². The minimum atomic E-state index is -0.401. The quantitative estimate of drug-likeness (QED) is 0.503. The van der Waals surface area contributed by atoms with Crippen molar-refractivity contribution in [3.05, 3.63) is 65.2 Å². The summed E-state index contributed by atoms with van der Waals surface area (Å²) in [7, 11) is 1.33. The Balaban J connectivity index is 1.93. The van der Waals surface area contributed by atoms with Gasteiger partial charge in [-0.15, -0.1) is 0 Å². The van der Waals surface area contributed by atoms with Crippen molar-refractivity contribution in [3.8, 4) is 5.75 Å². The van der Waals surface area contributed by atoms with Gasteiger partial charge in [-0.1, -0.05) is 12.1 Å². The molecule has 0 aliphatic heterocycles. The van der Waals surface area contributed by atoms with Gasteiger partial charge in [0.1, 0.15) is 5.75 Å². The van der Waals surface area contributed by atoms with E-state index in [0.29, 0.717) is 23.5 Å². The van der Waals surface area contributed by atoms with Crippen LogP contribution in [0.5, 0.6) is 5.75 Å². The average Bonchev–Trinajstić information content (AvgIpc) is 2.62. The van der Waals surface area contributed by atoms with E-state index in [0.717, 1.165) is 5.56 Å². The summed E-state index contributed by atoms with van der Waals surface area (Å²) in [6.45, 7) is 2.47. The number of esters is 1. The summed E-state index contributed by atoms with van der Waals surface area (Å²) in [6, 6.07) is 13.5. The maximum atomic E-state index is 12.0. The summed E-state index contributed by atoms with van der Waals surface area (Å²) in [5.41, 5.74) is 4.13. The minimum absolute atomic E-state index is 0.319. The van der Waals surface area contributed by atoms with Crippen LogP contribution in [-0.4, -0.2) is 31.8 Å². The molecule has 0 spiro atoms. The Morgan fingerprint density at radius 1 is 1.04 bits per heavy atom. The van der Waals surface area contributed by atoms with Crippen molar-refractivity contribution >= 4 is 18.1 Å². The molecule has 2 rings (SSSR count). The number of nitrogens with zero attached hydrogens (tertiary/aromatic N) is 1. The molecule has 2 aromatic rings. The summed E-state index contributed by atoms with van der Waals surface area (Å²) in [4.78, 5) is 23.3. The van der Waals surface area contributed by atoms with Gasteiger partial charge in [0.2, 0.25) is 0 Å². The average molecular weight is 326 g/mol. The van der Waals surface area contributed by atoms with Gasteiger partial charge in [0.15, 0.2) is 0 Å². The lowest BCUT2D eigenvalue weighted by atomic mass is 10.1. The monoisotopic (exact) mass is 326 g/mol. The van der Waals surface area contributed by atoms with E-state index in [4.69, 9.17) is 4.74 Å². The molecule has 24 heavy (non-hydrogen) atoms. The highest BCUT2D eigenvalue weighted by molar-refractivity contribution is 5.95. The van der Waals surface area contributed by atoms with Crippen molar-refractivity contribution < 1.29 is 19.1 Å². The van der Waals surface area contributed by atoms with Gasteiger partial charge in [-0.25, -0.2) is 10.2 Å². The fourth-order valence-corrected chi connectivity index (χ4v) is 1.92. The normalized spacial score (nSPS) is 10.4. The predicted octanol–water partition coefficient (Wildman–Crippen LogP) is 2.64. The van der Waals surface area contributed by atoms with Crippen LogP contribution in [0.2, 0.25) is 0 Å². The van der Waals surface area contributed by atoms with Gasteiger partial charge in [0.05, 0.1) is 25.5 Å².